The number of nitrogens with zero attached hydrogens (tertiary/aromatic N) is 1. The Hall–Kier alpha value is -4.09. The molecule has 1 aromatic carbocycles. The minimum Gasteiger partial charge on any atom is -0.493 e. The molecular formula is C15H13N3O9. The predicted molar refractivity (Wildman–Crippen MR) is 90.6 cm³/mol. The summed E-state index contributed by atoms with van der Waals surface area (Å²) in [6, 6.07) is 1.98. The van der Waals surface area contributed by atoms with Gasteiger partial charge < -0.3 is 30.4 Å². The standard InChI is InChI=1S/C15H13N3O9/c1-26-7-4-5(3-6(18(24)25)11(7)27-2)8-9(14(20)21)12(16)17-13(19)10(8)15(22)23/h3-4H,1-2H3,(H,20,21)(H,22,23)(H3,16,17,19). The lowest BCUT2D eigenvalue weighted by Crippen LogP contribution is -2.24. The second-order valence-corrected chi connectivity index (χ2v) is 5.09. The molecule has 0 aliphatic heterocycles. The lowest BCUT2D eigenvalue weighted by atomic mass is 9.94. The van der Waals surface area contributed by atoms with Crippen LogP contribution in [-0.2, 0) is 0 Å². The number of nitrogens with two attached hydrogens (primary N) is 1. The maximum atomic E-state index is 12.0. The van der Waals surface area contributed by atoms with Gasteiger partial charge in [0.25, 0.3) is 5.56 Å². The van der Waals surface area contributed by atoms with Crippen LogP contribution < -0.4 is 20.8 Å². The van der Waals surface area contributed by atoms with Crippen molar-refractivity contribution in [1.29, 1.82) is 0 Å². The number of anilines is 1. The number of aromatic nitrogens is 1. The molecular weight excluding hydrogens is 366 g/mol. The number of nitrogen functional groups attached to an aromatic ring is 1. The van der Waals surface area contributed by atoms with Gasteiger partial charge in [0.05, 0.1) is 19.1 Å². The van der Waals surface area contributed by atoms with Crippen molar-refractivity contribution in [3.8, 4) is 22.6 Å². The van der Waals surface area contributed by atoms with Gasteiger partial charge in [-0.3, -0.25) is 14.9 Å². The van der Waals surface area contributed by atoms with E-state index in [9.17, 15) is 34.7 Å². The zero-order chi connectivity index (χ0) is 20.5. The fraction of sp³-hybridized carbons (Fsp3) is 0.133. The van der Waals surface area contributed by atoms with Crippen molar-refractivity contribution in [2.24, 2.45) is 0 Å². The second kappa shape index (κ2) is 7.03. The number of hydrogen-bond donors (Lipinski definition) is 4. The number of hydrogen-bond acceptors (Lipinski definition) is 8. The number of methoxy groups -OCH3 is 2. The Bertz CT molecular complexity index is 1030. The van der Waals surface area contributed by atoms with Crippen molar-refractivity contribution in [1.82, 2.24) is 4.98 Å². The summed E-state index contributed by atoms with van der Waals surface area (Å²) in [6.45, 7) is 0. The monoisotopic (exact) mass is 379 g/mol. The summed E-state index contributed by atoms with van der Waals surface area (Å²) in [5.74, 6) is -4.43. The van der Waals surface area contributed by atoms with Crippen LogP contribution >= 0.6 is 0 Å². The van der Waals surface area contributed by atoms with Crippen molar-refractivity contribution in [3.63, 3.8) is 0 Å². The molecule has 27 heavy (non-hydrogen) atoms. The molecule has 0 fully saturated rings. The Morgan fingerprint density at radius 3 is 2.19 bits per heavy atom. The number of aromatic carboxylic acids is 2. The van der Waals surface area contributed by atoms with Gasteiger partial charge in [-0.2, -0.15) is 0 Å². The van der Waals surface area contributed by atoms with Crippen LogP contribution in [0.5, 0.6) is 11.5 Å². The van der Waals surface area contributed by atoms with Crippen LogP contribution in [0.1, 0.15) is 20.7 Å². The van der Waals surface area contributed by atoms with Crippen molar-refractivity contribution >= 4 is 23.4 Å². The molecule has 0 saturated carbocycles. The Morgan fingerprint density at radius 1 is 1.15 bits per heavy atom. The highest BCUT2D eigenvalue weighted by Gasteiger charge is 2.30. The molecule has 0 saturated heterocycles. The molecule has 142 valence electrons. The van der Waals surface area contributed by atoms with Crippen molar-refractivity contribution in [2.45, 2.75) is 0 Å². The number of rotatable bonds is 6. The number of nitro groups is 1. The van der Waals surface area contributed by atoms with E-state index < -0.39 is 50.6 Å². The summed E-state index contributed by atoms with van der Waals surface area (Å²) in [7, 11) is 2.33. The van der Waals surface area contributed by atoms with Gasteiger partial charge in [0.1, 0.15) is 16.9 Å². The number of carboxylic acids is 2. The third-order valence-corrected chi connectivity index (χ3v) is 3.62. The maximum absolute atomic E-state index is 12.0. The molecule has 2 aromatic rings. The van der Waals surface area contributed by atoms with Crippen LogP contribution in [0.4, 0.5) is 11.5 Å². The van der Waals surface area contributed by atoms with Gasteiger partial charge in [-0.1, -0.05) is 0 Å². The van der Waals surface area contributed by atoms with Gasteiger partial charge in [-0.15, -0.1) is 0 Å². The zero-order valence-corrected chi connectivity index (χ0v) is 13.9. The number of H-pyrrole nitrogens is 1. The SMILES string of the molecule is COc1cc(-c2c(C(=O)O)c(N)[nH]c(=O)c2C(=O)O)cc([N+](=O)[O-])c1OC. The second-order valence-electron chi connectivity index (χ2n) is 5.09. The molecule has 0 unspecified atom stereocenters. The van der Waals surface area contributed by atoms with Crippen LogP contribution in [0.3, 0.4) is 0 Å². The van der Waals surface area contributed by atoms with E-state index in [1.807, 2.05) is 4.98 Å². The molecule has 1 aromatic heterocycles. The highest BCUT2D eigenvalue weighted by atomic mass is 16.6. The summed E-state index contributed by atoms with van der Waals surface area (Å²) in [5.41, 5.74) is 1.20. The van der Waals surface area contributed by atoms with E-state index in [-0.39, 0.29) is 17.1 Å². The smallest absolute Gasteiger partial charge is 0.342 e. The van der Waals surface area contributed by atoms with Gasteiger partial charge >= 0.3 is 17.6 Å². The molecule has 0 radical (unpaired) electrons. The Balaban J connectivity index is 3.08. The van der Waals surface area contributed by atoms with Gasteiger partial charge in [0, 0.05) is 11.6 Å². The van der Waals surface area contributed by atoms with E-state index in [1.165, 1.54) is 7.11 Å². The van der Waals surface area contributed by atoms with Gasteiger partial charge in [-0.25, -0.2) is 9.59 Å². The Kier molecular flexibility index (Phi) is 5.01. The maximum Gasteiger partial charge on any atom is 0.342 e. The molecule has 0 aliphatic carbocycles. The van der Waals surface area contributed by atoms with E-state index in [0.29, 0.717) is 0 Å². The first-order chi connectivity index (χ1) is 12.6. The lowest BCUT2D eigenvalue weighted by molar-refractivity contribution is -0.385. The van der Waals surface area contributed by atoms with E-state index >= 15 is 0 Å². The first kappa shape index (κ1) is 19.2. The van der Waals surface area contributed by atoms with Crippen molar-refractivity contribution < 1.29 is 34.2 Å². The van der Waals surface area contributed by atoms with Gasteiger partial charge in [0.2, 0.25) is 5.75 Å². The van der Waals surface area contributed by atoms with E-state index in [1.54, 1.807) is 0 Å². The molecule has 0 amide bonds. The van der Waals surface area contributed by atoms with E-state index in [2.05, 4.69) is 0 Å². The molecule has 2 rings (SSSR count). The van der Waals surface area contributed by atoms with Crippen LogP contribution in [0.15, 0.2) is 16.9 Å². The minimum atomic E-state index is -1.74. The fourth-order valence-corrected chi connectivity index (χ4v) is 2.56. The molecule has 12 nitrogen and oxygen atoms in total. The summed E-state index contributed by atoms with van der Waals surface area (Å²) in [4.78, 5) is 47.7. The zero-order valence-electron chi connectivity index (χ0n) is 13.9. The van der Waals surface area contributed by atoms with Crippen molar-refractivity contribution in [2.75, 3.05) is 20.0 Å². The average Bonchev–Trinajstić information content (AvgIpc) is 2.58. The number of carbonyl (C=O) groups is 2. The predicted octanol–water partition coefficient (Wildman–Crippen LogP) is 0.946. The highest BCUT2D eigenvalue weighted by Crippen LogP contribution is 2.42. The number of aromatic amines is 1. The van der Waals surface area contributed by atoms with Crippen molar-refractivity contribution in [3.05, 3.63) is 43.7 Å². The van der Waals surface area contributed by atoms with Gasteiger partial charge in [-0.05, 0) is 11.6 Å². The average molecular weight is 379 g/mol. The highest BCUT2D eigenvalue weighted by molar-refractivity contribution is 6.07. The summed E-state index contributed by atoms with van der Waals surface area (Å²) >= 11 is 0. The molecule has 0 bridgehead atoms. The molecule has 1 heterocycles. The number of pyridine rings is 1. The fourth-order valence-electron chi connectivity index (χ4n) is 2.56. The van der Waals surface area contributed by atoms with E-state index in [4.69, 9.17) is 15.2 Å². The number of nitro benzene ring substituents is 1. The Morgan fingerprint density at radius 2 is 1.74 bits per heavy atom. The van der Waals surface area contributed by atoms with Gasteiger partial charge in [0.15, 0.2) is 5.75 Å². The largest absolute Gasteiger partial charge is 0.493 e. The third kappa shape index (κ3) is 3.22. The number of ether oxygens (including phenoxy) is 2. The normalized spacial score (nSPS) is 10.3. The van der Waals surface area contributed by atoms with Crippen LogP contribution in [0, 0.1) is 10.1 Å². The minimum absolute atomic E-state index is 0.173. The summed E-state index contributed by atoms with van der Waals surface area (Å²) in [5, 5.41) is 30.1. The summed E-state index contributed by atoms with van der Waals surface area (Å²) < 4.78 is 9.94. The molecule has 5 N–H and O–H groups in total. The topological polar surface area (TPSA) is 195 Å². The van der Waals surface area contributed by atoms with Crippen LogP contribution in [0.2, 0.25) is 0 Å². The lowest BCUT2D eigenvalue weighted by Gasteiger charge is -2.14. The van der Waals surface area contributed by atoms with Crippen LogP contribution in [-0.4, -0.2) is 46.3 Å². The quantitative estimate of drug-likeness (QED) is 0.414. The van der Waals surface area contributed by atoms with Crippen LogP contribution in [0.25, 0.3) is 11.1 Å². The molecule has 12 heteroatoms. The Labute approximate surface area is 149 Å². The van der Waals surface area contributed by atoms with E-state index in [0.717, 1.165) is 19.2 Å². The molecule has 0 atom stereocenters. The number of benzene rings is 1. The first-order valence-corrected chi connectivity index (χ1v) is 7.07. The first-order valence-electron chi connectivity index (χ1n) is 7.07. The molecule has 0 spiro atoms. The summed E-state index contributed by atoms with van der Waals surface area (Å²) in [6.07, 6.45) is 0. The number of carboxylic acid groups (broad SMARTS) is 2. The molecule has 0 aliphatic rings. The third-order valence-electron chi connectivity index (χ3n) is 3.62. The number of nitrogens with one attached hydrogen (secondary N) is 1.